The van der Waals surface area contributed by atoms with Crippen LogP contribution in [0.1, 0.15) is 6.42 Å². The predicted molar refractivity (Wildman–Crippen MR) is 93.2 cm³/mol. The zero-order chi connectivity index (χ0) is 18.2. The molecule has 2 aromatic rings. The van der Waals surface area contributed by atoms with Gasteiger partial charge in [0.1, 0.15) is 17.3 Å². The van der Waals surface area contributed by atoms with Crippen molar-refractivity contribution in [1.82, 2.24) is 10.2 Å². The first kappa shape index (κ1) is 18.3. The fourth-order valence-electron chi connectivity index (χ4n) is 1.95. The summed E-state index contributed by atoms with van der Waals surface area (Å²) in [5.74, 6) is 0.483. The summed E-state index contributed by atoms with van der Waals surface area (Å²) in [4.78, 5) is 24.6. The van der Waals surface area contributed by atoms with Crippen LogP contribution in [0.5, 0.6) is 11.5 Å². The van der Waals surface area contributed by atoms with Gasteiger partial charge in [0.15, 0.2) is 0 Å². The first-order valence-corrected chi connectivity index (χ1v) is 7.72. The van der Waals surface area contributed by atoms with E-state index in [4.69, 9.17) is 4.74 Å². The zero-order valence-corrected chi connectivity index (χ0v) is 14.1. The second-order valence-corrected chi connectivity index (χ2v) is 5.50. The number of hydrogen-bond acceptors (Lipinski definition) is 3. The molecule has 132 valence electrons. The highest BCUT2D eigenvalue weighted by molar-refractivity contribution is 5.89. The summed E-state index contributed by atoms with van der Waals surface area (Å²) in [6, 6.07) is 12.1. The van der Waals surface area contributed by atoms with Gasteiger partial charge in [0.2, 0.25) is 5.91 Å². The Morgan fingerprint density at radius 1 is 1.08 bits per heavy atom. The van der Waals surface area contributed by atoms with Crippen LogP contribution >= 0.6 is 0 Å². The van der Waals surface area contributed by atoms with E-state index < -0.39 is 6.03 Å². The van der Waals surface area contributed by atoms with E-state index in [0.29, 0.717) is 17.2 Å². The Labute approximate surface area is 145 Å². The molecule has 0 aliphatic carbocycles. The van der Waals surface area contributed by atoms with Crippen LogP contribution in [-0.4, -0.2) is 37.5 Å². The topological polar surface area (TPSA) is 70.7 Å². The van der Waals surface area contributed by atoms with E-state index in [2.05, 4.69) is 10.6 Å². The van der Waals surface area contributed by atoms with Gasteiger partial charge in [0, 0.05) is 38.8 Å². The Bertz CT molecular complexity index is 733. The molecule has 0 radical (unpaired) electrons. The van der Waals surface area contributed by atoms with Crippen LogP contribution in [0, 0.1) is 5.82 Å². The van der Waals surface area contributed by atoms with Crippen molar-refractivity contribution in [1.29, 1.82) is 0 Å². The molecule has 3 amide bonds. The van der Waals surface area contributed by atoms with Crippen LogP contribution < -0.4 is 15.4 Å². The Balaban J connectivity index is 1.81. The lowest BCUT2D eigenvalue weighted by atomic mass is 10.3. The highest BCUT2D eigenvalue weighted by atomic mass is 19.1. The standard InChI is InChI=1S/C18H20FN3O3/c1-22(2)17(23)10-11-20-18(24)21-14-6-8-15(9-7-14)25-16-5-3-4-13(19)12-16/h3-9,12H,10-11H2,1-2H3,(H2,20,21,24). The highest BCUT2D eigenvalue weighted by Crippen LogP contribution is 2.23. The molecule has 0 unspecified atom stereocenters. The Kier molecular flexibility index (Phi) is 6.33. The van der Waals surface area contributed by atoms with Gasteiger partial charge in [-0.3, -0.25) is 4.79 Å². The molecule has 0 saturated heterocycles. The molecular weight excluding hydrogens is 325 g/mol. The molecule has 0 saturated carbocycles. The van der Waals surface area contributed by atoms with E-state index in [1.165, 1.54) is 17.0 Å². The summed E-state index contributed by atoms with van der Waals surface area (Å²) >= 11 is 0. The number of nitrogens with one attached hydrogen (secondary N) is 2. The smallest absolute Gasteiger partial charge is 0.319 e. The number of carbonyl (C=O) groups is 2. The van der Waals surface area contributed by atoms with Crippen LogP contribution in [0.4, 0.5) is 14.9 Å². The number of anilines is 1. The number of amides is 3. The van der Waals surface area contributed by atoms with Crippen LogP contribution in [-0.2, 0) is 4.79 Å². The maximum Gasteiger partial charge on any atom is 0.319 e. The number of halogens is 1. The number of urea groups is 1. The second-order valence-electron chi connectivity index (χ2n) is 5.50. The van der Waals surface area contributed by atoms with Crippen molar-refractivity contribution in [3.05, 3.63) is 54.3 Å². The average molecular weight is 345 g/mol. The summed E-state index contributed by atoms with van der Waals surface area (Å²) in [6.07, 6.45) is 0.237. The van der Waals surface area contributed by atoms with E-state index >= 15 is 0 Å². The first-order valence-electron chi connectivity index (χ1n) is 7.72. The number of benzene rings is 2. The molecule has 2 rings (SSSR count). The SMILES string of the molecule is CN(C)C(=O)CCNC(=O)Nc1ccc(Oc2cccc(F)c2)cc1. The molecule has 0 spiro atoms. The minimum atomic E-state index is -0.398. The Morgan fingerprint density at radius 3 is 2.44 bits per heavy atom. The molecular formula is C18H20FN3O3. The normalized spacial score (nSPS) is 10.0. The van der Waals surface area contributed by atoms with Gasteiger partial charge in [0.05, 0.1) is 0 Å². The highest BCUT2D eigenvalue weighted by Gasteiger charge is 2.06. The molecule has 0 aliphatic rings. The minimum absolute atomic E-state index is 0.0563. The molecule has 2 aromatic carbocycles. The Morgan fingerprint density at radius 2 is 1.80 bits per heavy atom. The third-order valence-electron chi connectivity index (χ3n) is 3.27. The number of hydrogen-bond donors (Lipinski definition) is 2. The third-order valence-corrected chi connectivity index (χ3v) is 3.27. The summed E-state index contributed by atoms with van der Waals surface area (Å²) < 4.78 is 18.6. The van der Waals surface area contributed by atoms with E-state index in [1.54, 1.807) is 50.5 Å². The monoisotopic (exact) mass is 345 g/mol. The van der Waals surface area contributed by atoms with Crippen LogP contribution in [0.3, 0.4) is 0 Å². The molecule has 2 N–H and O–H groups in total. The van der Waals surface area contributed by atoms with Crippen molar-refractivity contribution in [3.63, 3.8) is 0 Å². The predicted octanol–water partition coefficient (Wildman–Crippen LogP) is 3.22. The molecule has 0 aliphatic heterocycles. The van der Waals surface area contributed by atoms with E-state index in [-0.39, 0.29) is 24.7 Å². The van der Waals surface area contributed by atoms with Gasteiger partial charge in [-0.2, -0.15) is 0 Å². The summed E-state index contributed by atoms with van der Waals surface area (Å²) in [5, 5.41) is 5.26. The van der Waals surface area contributed by atoms with Gasteiger partial charge in [-0.25, -0.2) is 9.18 Å². The molecule has 7 heteroatoms. The molecule has 25 heavy (non-hydrogen) atoms. The van der Waals surface area contributed by atoms with Gasteiger partial charge in [-0.15, -0.1) is 0 Å². The van der Waals surface area contributed by atoms with E-state index in [0.717, 1.165) is 0 Å². The van der Waals surface area contributed by atoms with Gasteiger partial charge in [-0.1, -0.05) is 6.07 Å². The molecule has 0 atom stereocenters. The number of nitrogens with zero attached hydrogens (tertiary/aromatic N) is 1. The lowest BCUT2D eigenvalue weighted by molar-refractivity contribution is -0.128. The lowest BCUT2D eigenvalue weighted by Gasteiger charge is -2.11. The molecule has 0 bridgehead atoms. The van der Waals surface area contributed by atoms with Gasteiger partial charge >= 0.3 is 6.03 Å². The molecule has 6 nitrogen and oxygen atoms in total. The van der Waals surface area contributed by atoms with Crippen LogP contribution in [0.15, 0.2) is 48.5 Å². The van der Waals surface area contributed by atoms with Crippen molar-refractivity contribution >= 4 is 17.6 Å². The van der Waals surface area contributed by atoms with Crippen molar-refractivity contribution in [3.8, 4) is 11.5 Å². The van der Waals surface area contributed by atoms with Gasteiger partial charge in [-0.05, 0) is 36.4 Å². The van der Waals surface area contributed by atoms with Crippen LogP contribution in [0.2, 0.25) is 0 Å². The van der Waals surface area contributed by atoms with Crippen molar-refractivity contribution in [2.75, 3.05) is 26.0 Å². The average Bonchev–Trinajstić information content (AvgIpc) is 2.56. The number of carbonyl (C=O) groups excluding carboxylic acids is 2. The molecule has 0 aromatic heterocycles. The fourth-order valence-corrected chi connectivity index (χ4v) is 1.95. The second kappa shape index (κ2) is 8.68. The third kappa shape index (κ3) is 6.14. The largest absolute Gasteiger partial charge is 0.457 e. The maximum atomic E-state index is 13.1. The Hall–Kier alpha value is -3.09. The van der Waals surface area contributed by atoms with Crippen molar-refractivity contribution < 1.29 is 18.7 Å². The van der Waals surface area contributed by atoms with Gasteiger partial charge in [0.25, 0.3) is 0 Å². The quantitative estimate of drug-likeness (QED) is 0.844. The summed E-state index contributed by atoms with van der Waals surface area (Å²) in [7, 11) is 3.33. The zero-order valence-electron chi connectivity index (χ0n) is 14.1. The molecule has 0 fully saturated rings. The van der Waals surface area contributed by atoms with Gasteiger partial charge < -0.3 is 20.3 Å². The molecule has 0 heterocycles. The van der Waals surface area contributed by atoms with E-state index in [1.807, 2.05) is 0 Å². The van der Waals surface area contributed by atoms with Crippen LogP contribution in [0.25, 0.3) is 0 Å². The number of rotatable bonds is 6. The maximum absolute atomic E-state index is 13.1. The van der Waals surface area contributed by atoms with E-state index in [9.17, 15) is 14.0 Å². The fraction of sp³-hybridized carbons (Fsp3) is 0.222. The minimum Gasteiger partial charge on any atom is -0.457 e. The van der Waals surface area contributed by atoms with Crippen molar-refractivity contribution in [2.24, 2.45) is 0 Å². The summed E-state index contributed by atoms with van der Waals surface area (Å²) in [6.45, 7) is 0.254. The van der Waals surface area contributed by atoms with Crippen molar-refractivity contribution in [2.45, 2.75) is 6.42 Å². The first-order chi connectivity index (χ1) is 11.9. The lowest BCUT2D eigenvalue weighted by Crippen LogP contribution is -2.33. The number of ether oxygens (including phenoxy) is 1. The summed E-state index contributed by atoms with van der Waals surface area (Å²) in [5.41, 5.74) is 0.572.